The van der Waals surface area contributed by atoms with Crippen molar-refractivity contribution in [3.05, 3.63) is 65.4 Å². The van der Waals surface area contributed by atoms with Gasteiger partial charge in [0.2, 0.25) is 0 Å². The van der Waals surface area contributed by atoms with E-state index in [1.807, 2.05) is 36.5 Å². The molecular formula is C23H27ClN5OP. The molecule has 4 rings (SSSR count). The van der Waals surface area contributed by atoms with E-state index in [0.29, 0.717) is 22.4 Å². The van der Waals surface area contributed by atoms with E-state index in [0.717, 1.165) is 29.9 Å². The lowest BCUT2D eigenvalue weighted by molar-refractivity contribution is 0.461. The molecule has 1 fully saturated rings. The van der Waals surface area contributed by atoms with E-state index in [1.165, 1.54) is 18.4 Å². The van der Waals surface area contributed by atoms with Crippen LogP contribution < -0.4 is 21.3 Å². The van der Waals surface area contributed by atoms with Gasteiger partial charge in [-0.1, -0.05) is 23.7 Å². The number of hydrogen-bond acceptors (Lipinski definition) is 6. The van der Waals surface area contributed by atoms with Crippen LogP contribution in [0.5, 0.6) is 0 Å². The van der Waals surface area contributed by atoms with Crippen molar-refractivity contribution in [3.8, 4) is 0 Å². The summed E-state index contributed by atoms with van der Waals surface area (Å²) in [6.07, 6.45) is 5.80. The smallest absolute Gasteiger partial charge is 0.133 e. The van der Waals surface area contributed by atoms with E-state index in [-0.39, 0.29) is 0 Å². The van der Waals surface area contributed by atoms with Crippen molar-refractivity contribution in [2.45, 2.75) is 18.8 Å². The van der Waals surface area contributed by atoms with Gasteiger partial charge >= 0.3 is 0 Å². The molecule has 1 atom stereocenters. The molecule has 3 aromatic rings. The van der Waals surface area contributed by atoms with Gasteiger partial charge in [0.05, 0.1) is 16.9 Å². The molecule has 0 radical (unpaired) electrons. The molecule has 1 aliphatic rings. The van der Waals surface area contributed by atoms with Crippen molar-refractivity contribution >= 4 is 47.1 Å². The van der Waals surface area contributed by atoms with Crippen molar-refractivity contribution in [2.75, 3.05) is 37.1 Å². The maximum absolute atomic E-state index is 12.7. The van der Waals surface area contributed by atoms with Crippen LogP contribution in [0.2, 0.25) is 5.02 Å². The highest BCUT2D eigenvalue weighted by Crippen LogP contribution is 2.39. The number of piperidine rings is 1. The van der Waals surface area contributed by atoms with Crippen LogP contribution in [0.4, 0.5) is 23.0 Å². The highest BCUT2D eigenvalue weighted by molar-refractivity contribution is 7.70. The number of aromatic nitrogens is 2. The van der Waals surface area contributed by atoms with Gasteiger partial charge in [-0.05, 0) is 68.5 Å². The molecule has 8 heteroatoms. The standard InChI is InChI=1S/C23H27ClN5OP/c1-31(2,30)21-8-4-3-7-19(21)28-20-13-23(27-15-18(20)24)29-22-12-16(9-11-26-22)17-6-5-10-25-14-17/h3-4,7-9,11-13,15,17,25H,5-6,10,14H2,1-2H3,(H2,26,27,28,29). The fourth-order valence-corrected chi connectivity index (χ4v) is 5.14. The molecule has 31 heavy (non-hydrogen) atoms. The average molecular weight is 456 g/mol. The summed E-state index contributed by atoms with van der Waals surface area (Å²) < 4.78 is 12.7. The molecule has 0 bridgehead atoms. The van der Waals surface area contributed by atoms with Gasteiger partial charge in [-0.2, -0.15) is 0 Å². The van der Waals surface area contributed by atoms with Gasteiger partial charge in [0.1, 0.15) is 18.8 Å². The van der Waals surface area contributed by atoms with E-state index < -0.39 is 7.14 Å². The summed E-state index contributed by atoms with van der Waals surface area (Å²) in [6, 6.07) is 13.6. The summed E-state index contributed by atoms with van der Waals surface area (Å²) in [5.41, 5.74) is 2.74. The van der Waals surface area contributed by atoms with Crippen molar-refractivity contribution in [2.24, 2.45) is 0 Å². The van der Waals surface area contributed by atoms with Crippen LogP contribution in [0, 0.1) is 0 Å². The van der Waals surface area contributed by atoms with Gasteiger partial charge < -0.3 is 20.5 Å². The van der Waals surface area contributed by atoms with Gasteiger partial charge in [-0.25, -0.2) is 9.97 Å². The second kappa shape index (κ2) is 9.39. The zero-order valence-corrected chi connectivity index (χ0v) is 19.4. The quantitative estimate of drug-likeness (QED) is 0.436. The number of pyridine rings is 2. The predicted molar refractivity (Wildman–Crippen MR) is 130 cm³/mol. The van der Waals surface area contributed by atoms with Crippen molar-refractivity contribution < 1.29 is 4.57 Å². The van der Waals surface area contributed by atoms with Gasteiger partial charge in [0.15, 0.2) is 0 Å². The number of nitrogens with zero attached hydrogens (tertiary/aromatic N) is 2. The van der Waals surface area contributed by atoms with Gasteiger partial charge in [-0.3, -0.25) is 0 Å². The van der Waals surface area contributed by atoms with Gasteiger partial charge in [0.25, 0.3) is 0 Å². The lowest BCUT2D eigenvalue weighted by Gasteiger charge is -2.23. The highest BCUT2D eigenvalue weighted by Gasteiger charge is 2.17. The van der Waals surface area contributed by atoms with E-state index in [1.54, 1.807) is 19.5 Å². The van der Waals surface area contributed by atoms with E-state index in [2.05, 4.69) is 38.1 Å². The van der Waals surface area contributed by atoms with Crippen LogP contribution in [0.3, 0.4) is 0 Å². The number of para-hydroxylation sites is 1. The maximum Gasteiger partial charge on any atom is 0.133 e. The van der Waals surface area contributed by atoms with Crippen LogP contribution in [0.1, 0.15) is 24.3 Å². The number of hydrogen-bond donors (Lipinski definition) is 3. The SMILES string of the molecule is CP(C)(=O)c1ccccc1Nc1cc(Nc2cc(C3CCCNC3)ccn2)ncc1Cl. The molecule has 1 saturated heterocycles. The monoisotopic (exact) mass is 455 g/mol. The fraction of sp³-hybridized carbons (Fsp3) is 0.304. The summed E-state index contributed by atoms with van der Waals surface area (Å²) in [5, 5.41) is 11.3. The summed E-state index contributed by atoms with van der Waals surface area (Å²) in [4.78, 5) is 8.85. The molecule has 6 nitrogen and oxygen atoms in total. The third-order valence-corrected chi connectivity index (χ3v) is 7.27. The molecule has 1 aromatic carbocycles. The first kappa shape index (κ1) is 21.8. The van der Waals surface area contributed by atoms with Crippen molar-refractivity contribution in [1.29, 1.82) is 0 Å². The molecule has 1 unspecified atom stereocenters. The Morgan fingerprint density at radius 1 is 1.06 bits per heavy atom. The fourth-order valence-electron chi connectivity index (χ4n) is 3.83. The molecule has 162 valence electrons. The molecule has 3 heterocycles. The van der Waals surface area contributed by atoms with Gasteiger partial charge in [0, 0.05) is 29.8 Å². The summed E-state index contributed by atoms with van der Waals surface area (Å²) in [5.74, 6) is 1.88. The van der Waals surface area contributed by atoms with Gasteiger partial charge in [-0.15, -0.1) is 0 Å². The Hall–Kier alpha value is -2.40. The Morgan fingerprint density at radius 2 is 1.87 bits per heavy atom. The molecular weight excluding hydrogens is 429 g/mol. The highest BCUT2D eigenvalue weighted by atomic mass is 35.5. The minimum absolute atomic E-state index is 0.484. The molecule has 1 aliphatic heterocycles. The number of rotatable bonds is 6. The lowest BCUT2D eigenvalue weighted by atomic mass is 9.92. The van der Waals surface area contributed by atoms with Crippen LogP contribution in [0.15, 0.2) is 54.9 Å². The molecule has 0 aliphatic carbocycles. The molecule has 0 spiro atoms. The third kappa shape index (κ3) is 5.45. The number of halogens is 1. The molecule has 0 amide bonds. The van der Waals surface area contributed by atoms with E-state index >= 15 is 0 Å². The normalized spacial score (nSPS) is 16.7. The second-order valence-electron chi connectivity index (χ2n) is 8.19. The largest absolute Gasteiger partial charge is 0.354 e. The minimum atomic E-state index is -2.45. The lowest BCUT2D eigenvalue weighted by Crippen LogP contribution is -2.28. The molecule has 3 N–H and O–H groups in total. The van der Waals surface area contributed by atoms with Crippen molar-refractivity contribution in [3.63, 3.8) is 0 Å². The second-order valence-corrected chi connectivity index (χ2v) is 11.8. The Bertz CT molecular complexity index is 1110. The third-order valence-electron chi connectivity index (χ3n) is 5.42. The number of nitrogens with one attached hydrogen (secondary N) is 3. The van der Waals surface area contributed by atoms with Crippen molar-refractivity contribution in [1.82, 2.24) is 15.3 Å². The molecule has 0 saturated carbocycles. The van der Waals surface area contributed by atoms with Crippen LogP contribution in [-0.2, 0) is 4.57 Å². The first-order valence-electron chi connectivity index (χ1n) is 10.4. The Labute approximate surface area is 188 Å². The first-order valence-corrected chi connectivity index (χ1v) is 13.4. The Kier molecular flexibility index (Phi) is 6.61. The Morgan fingerprint density at radius 3 is 2.65 bits per heavy atom. The van der Waals surface area contributed by atoms with Crippen LogP contribution in [-0.4, -0.2) is 36.4 Å². The minimum Gasteiger partial charge on any atom is -0.354 e. The summed E-state index contributed by atoms with van der Waals surface area (Å²) >= 11 is 6.40. The zero-order valence-electron chi connectivity index (χ0n) is 17.7. The molecule has 2 aromatic heterocycles. The maximum atomic E-state index is 12.7. The Balaban J connectivity index is 1.56. The zero-order chi connectivity index (χ0) is 21.8. The summed E-state index contributed by atoms with van der Waals surface area (Å²) in [7, 11) is -2.45. The first-order chi connectivity index (χ1) is 14.9. The van der Waals surface area contributed by atoms with E-state index in [4.69, 9.17) is 11.6 Å². The summed E-state index contributed by atoms with van der Waals surface area (Å²) in [6.45, 7) is 5.60. The predicted octanol–water partition coefficient (Wildman–Crippen LogP) is 5.33. The van der Waals surface area contributed by atoms with Crippen LogP contribution in [0.25, 0.3) is 0 Å². The van der Waals surface area contributed by atoms with Crippen LogP contribution >= 0.6 is 18.7 Å². The van der Waals surface area contributed by atoms with E-state index in [9.17, 15) is 4.57 Å². The number of benzene rings is 1. The average Bonchev–Trinajstić information content (AvgIpc) is 2.76. The topological polar surface area (TPSA) is 78.9 Å². The number of anilines is 4.